The molecule has 0 amide bonds. The first kappa shape index (κ1) is 12.6. The van der Waals surface area contributed by atoms with E-state index in [-0.39, 0.29) is 0 Å². The molecule has 0 bridgehead atoms. The van der Waals surface area contributed by atoms with Gasteiger partial charge in [-0.3, -0.25) is 0 Å². The van der Waals surface area contributed by atoms with Crippen LogP contribution < -0.4 is 9.47 Å². The Morgan fingerprint density at radius 1 is 1.12 bits per heavy atom. The van der Waals surface area contributed by atoms with Crippen LogP contribution in [0.1, 0.15) is 18.1 Å². The van der Waals surface area contributed by atoms with E-state index in [4.69, 9.17) is 14.2 Å². The van der Waals surface area contributed by atoms with Gasteiger partial charge in [-0.1, -0.05) is 12.2 Å². The van der Waals surface area contributed by atoms with E-state index >= 15 is 0 Å². The number of hydrogen-bond acceptors (Lipinski definition) is 3. The Balaban J connectivity index is 3.25. The molecule has 0 aliphatic heterocycles. The van der Waals surface area contributed by atoms with E-state index in [1.165, 1.54) is 0 Å². The lowest BCUT2D eigenvalue weighted by atomic mass is 10.1. The molecule has 0 spiro atoms. The Morgan fingerprint density at radius 3 is 2.38 bits per heavy atom. The maximum Gasteiger partial charge on any atom is 0.167 e. The van der Waals surface area contributed by atoms with Crippen molar-refractivity contribution in [3.8, 4) is 11.5 Å². The van der Waals surface area contributed by atoms with Crippen molar-refractivity contribution in [3.05, 3.63) is 29.3 Å². The summed E-state index contributed by atoms with van der Waals surface area (Å²) in [7, 11) is 4.95. The summed E-state index contributed by atoms with van der Waals surface area (Å²) in [6.07, 6.45) is 3.95. The van der Waals surface area contributed by atoms with E-state index in [1.807, 2.05) is 31.2 Å². The molecular weight excluding hydrogens is 204 g/mol. The van der Waals surface area contributed by atoms with Crippen molar-refractivity contribution in [3.63, 3.8) is 0 Å². The molecular formula is C13H18O3. The van der Waals surface area contributed by atoms with Crippen LogP contribution in [0.25, 0.3) is 6.08 Å². The van der Waals surface area contributed by atoms with Gasteiger partial charge in [-0.05, 0) is 24.6 Å². The Bertz CT molecular complexity index is 370. The highest BCUT2D eigenvalue weighted by Crippen LogP contribution is 2.33. The largest absolute Gasteiger partial charge is 0.493 e. The van der Waals surface area contributed by atoms with Crippen LogP contribution in [0, 0.1) is 0 Å². The molecule has 3 nitrogen and oxygen atoms in total. The predicted molar refractivity (Wildman–Crippen MR) is 65.0 cm³/mol. The first-order chi connectivity index (χ1) is 7.76. The SMILES string of the molecule is C/C=C/c1cc(COC)cc(OC)c1OC. The molecule has 16 heavy (non-hydrogen) atoms. The van der Waals surface area contributed by atoms with Gasteiger partial charge in [0.15, 0.2) is 11.5 Å². The Labute approximate surface area is 96.6 Å². The maximum atomic E-state index is 5.34. The van der Waals surface area contributed by atoms with Crippen LogP contribution in [0.4, 0.5) is 0 Å². The van der Waals surface area contributed by atoms with Crippen LogP contribution in [0.3, 0.4) is 0 Å². The van der Waals surface area contributed by atoms with Crippen molar-refractivity contribution in [2.75, 3.05) is 21.3 Å². The molecule has 1 rings (SSSR count). The molecule has 88 valence electrons. The number of allylic oxidation sites excluding steroid dienone is 1. The molecule has 0 fully saturated rings. The fourth-order valence-electron chi connectivity index (χ4n) is 1.61. The fourth-order valence-corrected chi connectivity index (χ4v) is 1.61. The average molecular weight is 222 g/mol. The summed E-state index contributed by atoms with van der Waals surface area (Å²) in [5.41, 5.74) is 2.06. The highest BCUT2D eigenvalue weighted by molar-refractivity contribution is 5.63. The molecule has 3 heteroatoms. The molecule has 0 atom stereocenters. The van der Waals surface area contributed by atoms with Crippen LogP contribution >= 0.6 is 0 Å². The monoisotopic (exact) mass is 222 g/mol. The number of rotatable bonds is 5. The van der Waals surface area contributed by atoms with Gasteiger partial charge in [-0.2, -0.15) is 0 Å². The molecule has 1 aromatic carbocycles. The van der Waals surface area contributed by atoms with E-state index in [9.17, 15) is 0 Å². The van der Waals surface area contributed by atoms with Gasteiger partial charge < -0.3 is 14.2 Å². The molecule has 0 saturated heterocycles. The molecule has 1 aromatic rings. The van der Waals surface area contributed by atoms with Gasteiger partial charge in [-0.25, -0.2) is 0 Å². The van der Waals surface area contributed by atoms with Gasteiger partial charge in [-0.15, -0.1) is 0 Å². The Kier molecular flexibility index (Phi) is 4.86. The lowest BCUT2D eigenvalue weighted by Crippen LogP contribution is -1.96. The van der Waals surface area contributed by atoms with Crippen LogP contribution in [-0.2, 0) is 11.3 Å². The first-order valence-electron chi connectivity index (χ1n) is 5.13. The minimum absolute atomic E-state index is 0.560. The summed E-state index contributed by atoms with van der Waals surface area (Å²) in [6, 6.07) is 3.96. The quantitative estimate of drug-likeness (QED) is 0.766. The van der Waals surface area contributed by atoms with E-state index < -0.39 is 0 Å². The summed E-state index contributed by atoms with van der Waals surface area (Å²) in [5, 5.41) is 0. The number of hydrogen-bond donors (Lipinski definition) is 0. The number of methoxy groups -OCH3 is 3. The second kappa shape index (κ2) is 6.18. The van der Waals surface area contributed by atoms with Crippen LogP contribution in [0.2, 0.25) is 0 Å². The third-order valence-corrected chi connectivity index (χ3v) is 2.22. The minimum Gasteiger partial charge on any atom is -0.493 e. The van der Waals surface area contributed by atoms with E-state index in [1.54, 1.807) is 21.3 Å². The normalized spacial score (nSPS) is 10.8. The van der Waals surface area contributed by atoms with Crippen LogP contribution in [-0.4, -0.2) is 21.3 Å². The molecule has 0 aromatic heterocycles. The lowest BCUT2D eigenvalue weighted by molar-refractivity contribution is 0.184. The van der Waals surface area contributed by atoms with Crippen molar-refractivity contribution < 1.29 is 14.2 Å². The molecule has 0 saturated carbocycles. The highest BCUT2D eigenvalue weighted by atomic mass is 16.5. The highest BCUT2D eigenvalue weighted by Gasteiger charge is 2.10. The summed E-state index contributed by atoms with van der Waals surface area (Å²) in [6.45, 7) is 2.53. The maximum absolute atomic E-state index is 5.34. The zero-order chi connectivity index (χ0) is 12.0. The second-order valence-electron chi connectivity index (χ2n) is 3.35. The van der Waals surface area contributed by atoms with Crippen molar-refractivity contribution in [2.24, 2.45) is 0 Å². The smallest absolute Gasteiger partial charge is 0.167 e. The summed E-state index contributed by atoms with van der Waals surface area (Å²) >= 11 is 0. The third kappa shape index (κ3) is 2.76. The van der Waals surface area contributed by atoms with Crippen LogP contribution in [0.15, 0.2) is 18.2 Å². The first-order valence-corrected chi connectivity index (χ1v) is 5.13. The van der Waals surface area contributed by atoms with Gasteiger partial charge >= 0.3 is 0 Å². The zero-order valence-corrected chi connectivity index (χ0v) is 10.2. The molecule has 0 N–H and O–H groups in total. The van der Waals surface area contributed by atoms with E-state index in [2.05, 4.69) is 0 Å². The lowest BCUT2D eigenvalue weighted by Gasteiger charge is -2.12. The Morgan fingerprint density at radius 2 is 1.88 bits per heavy atom. The third-order valence-electron chi connectivity index (χ3n) is 2.22. The second-order valence-corrected chi connectivity index (χ2v) is 3.35. The molecule has 0 heterocycles. The zero-order valence-electron chi connectivity index (χ0n) is 10.2. The van der Waals surface area contributed by atoms with Gasteiger partial charge in [0.1, 0.15) is 0 Å². The minimum atomic E-state index is 0.560. The molecule has 0 aliphatic rings. The van der Waals surface area contributed by atoms with Gasteiger partial charge in [0, 0.05) is 12.7 Å². The molecule has 0 aliphatic carbocycles. The molecule has 0 radical (unpaired) electrons. The van der Waals surface area contributed by atoms with Gasteiger partial charge in [0.05, 0.1) is 20.8 Å². The molecule has 0 unspecified atom stereocenters. The summed E-state index contributed by atoms with van der Waals surface area (Å²) in [4.78, 5) is 0. The van der Waals surface area contributed by atoms with E-state index in [0.717, 1.165) is 22.6 Å². The number of ether oxygens (including phenoxy) is 3. The van der Waals surface area contributed by atoms with E-state index in [0.29, 0.717) is 6.61 Å². The van der Waals surface area contributed by atoms with Crippen molar-refractivity contribution in [1.29, 1.82) is 0 Å². The summed E-state index contributed by atoms with van der Waals surface area (Å²) < 4.78 is 15.7. The van der Waals surface area contributed by atoms with Gasteiger partial charge in [0.2, 0.25) is 0 Å². The average Bonchev–Trinajstić information content (AvgIpc) is 2.29. The summed E-state index contributed by atoms with van der Waals surface area (Å²) in [5.74, 6) is 1.48. The Hall–Kier alpha value is -1.48. The van der Waals surface area contributed by atoms with Crippen molar-refractivity contribution in [2.45, 2.75) is 13.5 Å². The fraction of sp³-hybridized carbons (Fsp3) is 0.385. The number of benzene rings is 1. The predicted octanol–water partition coefficient (Wildman–Crippen LogP) is 2.88. The van der Waals surface area contributed by atoms with Crippen LogP contribution in [0.5, 0.6) is 11.5 Å². The van der Waals surface area contributed by atoms with Crippen molar-refractivity contribution in [1.82, 2.24) is 0 Å². The standard InChI is InChI=1S/C13H18O3/c1-5-6-11-7-10(9-14-2)8-12(15-3)13(11)16-4/h5-8H,9H2,1-4H3/b6-5+. The van der Waals surface area contributed by atoms with Crippen molar-refractivity contribution >= 4 is 6.08 Å². The van der Waals surface area contributed by atoms with Gasteiger partial charge in [0.25, 0.3) is 0 Å². The topological polar surface area (TPSA) is 27.7 Å².